The summed E-state index contributed by atoms with van der Waals surface area (Å²) in [5.41, 5.74) is 7.91. The normalized spacial score (nSPS) is 27.1. The zero-order valence-corrected chi connectivity index (χ0v) is 29.9. The molecule has 2 rings (SSSR count). The van der Waals surface area contributed by atoms with E-state index < -0.39 is 43.3 Å². The maximum Gasteiger partial charge on any atom is 0.336 e. The highest BCUT2D eigenvalue weighted by Gasteiger charge is 2.45. The Balaban J connectivity index is 1.85. The first-order valence-corrected chi connectivity index (χ1v) is 16.6. The number of rotatable bonds is 13. The Labute approximate surface area is 287 Å². The van der Waals surface area contributed by atoms with Crippen molar-refractivity contribution in [2.75, 3.05) is 6.61 Å². The third-order valence-corrected chi connectivity index (χ3v) is 8.42. The topological polar surface area (TPSA) is 116 Å². The van der Waals surface area contributed by atoms with E-state index in [1.807, 2.05) is 56.4 Å². The standard InChI is InChI=1S/C41H56O7/c1-28(15-9-10-16-29(2)18-12-20-31(4)24-25-34-32(5)23-14-26-41(34,7)8)17-11-19-30(3)21-13-22-33(6)39(46)48-40-38(45)37(44)36(43)35(27-42)47-40/h9-13,15-22,24-25,35-38,40,42-45H,14,23,26-27H2,1-8H3/b10-9+,17-11+,18-12+,21-13+,25-24+,28-15+,29-16+,30-19+,31-20+,33-22+/t35-,36-,37+,38-,40+/m1/s1. The zero-order chi connectivity index (χ0) is 35.9. The number of esters is 1. The van der Waals surface area contributed by atoms with Gasteiger partial charge in [-0.1, -0.05) is 133 Å². The number of allylic oxidation sites excluding steroid dienone is 21. The van der Waals surface area contributed by atoms with E-state index in [2.05, 4.69) is 71.1 Å². The predicted molar refractivity (Wildman–Crippen MR) is 195 cm³/mol. The fourth-order valence-electron chi connectivity index (χ4n) is 5.34. The van der Waals surface area contributed by atoms with Crippen molar-refractivity contribution in [3.8, 4) is 0 Å². The molecule has 0 radical (unpaired) electrons. The number of aliphatic hydroxyl groups excluding tert-OH is 4. The largest absolute Gasteiger partial charge is 0.429 e. The number of ether oxygens (including phenoxy) is 2. The van der Waals surface area contributed by atoms with Crippen molar-refractivity contribution in [1.29, 1.82) is 0 Å². The van der Waals surface area contributed by atoms with E-state index in [1.165, 1.54) is 36.0 Å². The molecule has 1 saturated heterocycles. The van der Waals surface area contributed by atoms with Crippen LogP contribution in [0.5, 0.6) is 0 Å². The van der Waals surface area contributed by atoms with Gasteiger partial charge in [-0.3, -0.25) is 0 Å². The van der Waals surface area contributed by atoms with E-state index in [4.69, 9.17) is 9.47 Å². The maximum atomic E-state index is 12.4. The van der Waals surface area contributed by atoms with Gasteiger partial charge >= 0.3 is 5.97 Å². The first-order chi connectivity index (χ1) is 22.7. The molecular weight excluding hydrogens is 604 g/mol. The molecule has 0 aromatic heterocycles. The molecule has 0 amide bonds. The third-order valence-electron chi connectivity index (χ3n) is 8.42. The molecular formula is C41H56O7. The van der Waals surface area contributed by atoms with Gasteiger partial charge < -0.3 is 29.9 Å². The maximum absolute atomic E-state index is 12.4. The minimum atomic E-state index is -1.64. The third kappa shape index (κ3) is 13.5. The van der Waals surface area contributed by atoms with Gasteiger partial charge in [0.25, 0.3) is 0 Å². The lowest BCUT2D eigenvalue weighted by Crippen LogP contribution is -2.59. The quantitative estimate of drug-likeness (QED) is 0.0926. The van der Waals surface area contributed by atoms with Gasteiger partial charge in [-0.15, -0.1) is 0 Å². The molecule has 0 bridgehead atoms. The zero-order valence-electron chi connectivity index (χ0n) is 29.9. The average molecular weight is 661 g/mol. The molecule has 0 spiro atoms. The highest BCUT2D eigenvalue weighted by Crippen LogP contribution is 2.40. The summed E-state index contributed by atoms with van der Waals surface area (Å²) >= 11 is 0. The molecule has 0 aromatic carbocycles. The molecule has 1 aliphatic heterocycles. The second kappa shape index (κ2) is 20.0. The average Bonchev–Trinajstić information content (AvgIpc) is 3.02. The summed E-state index contributed by atoms with van der Waals surface area (Å²) in [4.78, 5) is 12.4. The van der Waals surface area contributed by atoms with Crippen molar-refractivity contribution < 1.29 is 34.7 Å². The van der Waals surface area contributed by atoms with E-state index >= 15 is 0 Å². The Hall–Kier alpha value is -3.59. The Morgan fingerprint density at radius 1 is 0.771 bits per heavy atom. The van der Waals surface area contributed by atoms with E-state index in [-0.39, 0.29) is 11.0 Å². The molecule has 7 heteroatoms. The summed E-state index contributed by atoms with van der Waals surface area (Å²) in [6.45, 7) is 16.1. The molecule has 2 aliphatic rings. The van der Waals surface area contributed by atoms with Gasteiger partial charge in [0.1, 0.15) is 24.4 Å². The highest BCUT2D eigenvalue weighted by atomic mass is 16.7. The van der Waals surface area contributed by atoms with E-state index in [0.29, 0.717) is 0 Å². The first kappa shape index (κ1) is 40.6. The summed E-state index contributed by atoms with van der Waals surface area (Å²) in [7, 11) is 0. The predicted octanol–water partition coefficient (Wildman–Crippen LogP) is 7.37. The van der Waals surface area contributed by atoms with E-state index in [0.717, 1.165) is 16.7 Å². The van der Waals surface area contributed by atoms with Crippen LogP contribution >= 0.6 is 0 Å². The van der Waals surface area contributed by atoms with Crippen LogP contribution in [0.25, 0.3) is 0 Å². The van der Waals surface area contributed by atoms with Gasteiger partial charge in [0.15, 0.2) is 0 Å². The van der Waals surface area contributed by atoms with Crippen molar-refractivity contribution in [3.63, 3.8) is 0 Å². The molecule has 0 saturated carbocycles. The minimum absolute atomic E-state index is 0.239. The van der Waals surface area contributed by atoms with Crippen molar-refractivity contribution >= 4 is 5.97 Å². The van der Waals surface area contributed by atoms with Crippen molar-refractivity contribution in [1.82, 2.24) is 0 Å². The minimum Gasteiger partial charge on any atom is -0.429 e. The second-order valence-corrected chi connectivity index (χ2v) is 13.3. The molecule has 4 N–H and O–H groups in total. The van der Waals surface area contributed by atoms with Crippen LogP contribution in [0.4, 0.5) is 0 Å². The number of carbonyl (C=O) groups is 1. The van der Waals surface area contributed by atoms with Crippen LogP contribution in [0, 0.1) is 5.41 Å². The van der Waals surface area contributed by atoms with Crippen LogP contribution in [0.15, 0.2) is 130 Å². The van der Waals surface area contributed by atoms with Crippen molar-refractivity contribution in [3.05, 3.63) is 130 Å². The summed E-state index contributed by atoms with van der Waals surface area (Å²) in [5.74, 6) is -0.762. The number of carbonyl (C=O) groups excluding carboxylic acids is 1. The Morgan fingerprint density at radius 3 is 1.79 bits per heavy atom. The fourth-order valence-corrected chi connectivity index (χ4v) is 5.34. The van der Waals surface area contributed by atoms with Gasteiger partial charge in [0, 0.05) is 5.57 Å². The molecule has 1 aliphatic carbocycles. The highest BCUT2D eigenvalue weighted by molar-refractivity contribution is 5.88. The summed E-state index contributed by atoms with van der Waals surface area (Å²) in [6, 6.07) is 0. The van der Waals surface area contributed by atoms with Crippen LogP contribution in [-0.4, -0.2) is 63.7 Å². The second-order valence-electron chi connectivity index (χ2n) is 13.3. The van der Waals surface area contributed by atoms with Gasteiger partial charge in [-0.2, -0.15) is 0 Å². The molecule has 7 nitrogen and oxygen atoms in total. The lowest BCUT2D eigenvalue weighted by atomic mass is 9.72. The van der Waals surface area contributed by atoms with E-state index in [9.17, 15) is 25.2 Å². The number of aliphatic hydroxyl groups is 4. The molecule has 0 aromatic rings. The van der Waals surface area contributed by atoms with Crippen LogP contribution in [-0.2, 0) is 14.3 Å². The lowest BCUT2D eigenvalue weighted by Gasteiger charge is -2.39. The fraction of sp³-hybridized carbons (Fsp3) is 0.439. The first-order valence-electron chi connectivity index (χ1n) is 16.6. The molecule has 1 fully saturated rings. The Kier molecular flexibility index (Phi) is 16.9. The Morgan fingerprint density at radius 2 is 1.27 bits per heavy atom. The van der Waals surface area contributed by atoms with Gasteiger partial charge in [0.05, 0.1) is 6.61 Å². The van der Waals surface area contributed by atoms with E-state index in [1.54, 1.807) is 19.1 Å². The van der Waals surface area contributed by atoms with Crippen LogP contribution in [0.1, 0.15) is 74.7 Å². The molecule has 5 atom stereocenters. The summed E-state index contributed by atoms with van der Waals surface area (Å²) in [6.07, 6.45) is 26.3. The van der Waals surface area contributed by atoms with Crippen molar-refractivity contribution in [2.24, 2.45) is 5.41 Å². The molecule has 48 heavy (non-hydrogen) atoms. The van der Waals surface area contributed by atoms with Crippen molar-refractivity contribution in [2.45, 2.75) is 105 Å². The van der Waals surface area contributed by atoms with Gasteiger partial charge in [-0.25, -0.2) is 4.79 Å². The number of hydrogen-bond acceptors (Lipinski definition) is 7. The molecule has 262 valence electrons. The van der Waals surface area contributed by atoms with Crippen LogP contribution in [0.3, 0.4) is 0 Å². The van der Waals surface area contributed by atoms with Gasteiger partial charge in [-0.05, 0) is 71.8 Å². The SMILES string of the molecule is CC1=C(/C=C/C(C)=C/C=C/C(C)=C/C=C/C=C(C)/C=C/C=C(C)/C=C/C=C(\C)C(=O)O[C@@H]2O[C@H](CO)[C@@H](O)[C@H](O)[C@H]2O)C(C)(C)CCC1. The lowest BCUT2D eigenvalue weighted by molar-refractivity contribution is -0.291. The molecule has 0 unspecified atom stereocenters. The smallest absolute Gasteiger partial charge is 0.336 e. The number of hydrogen-bond donors (Lipinski definition) is 4. The summed E-state index contributed by atoms with van der Waals surface area (Å²) in [5, 5.41) is 39.0. The van der Waals surface area contributed by atoms with Gasteiger partial charge in [0.2, 0.25) is 6.29 Å². The Bertz CT molecular complexity index is 1440. The molecule has 1 heterocycles. The monoisotopic (exact) mass is 660 g/mol. The van der Waals surface area contributed by atoms with Crippen LogP contribution < -0.4 is 0 Å². The van der Waals surface area contributed by atoms with Crippen LogP contribution in [0.2, 0.25) is 0 Å². The summed E-state index contributed by atoms with van der Waals surface area (Å²) < 4.78 is 10.3.